The Morgan fingerprint density at radius 1 is 1.43 bits per heavy atom. The summed E-state index contributed by atoms with van der Waals surface area (Å²) < 4.78 is 10.5. The summed E-state index contributed by atoms with van der Waals surface area (Å²) in [6.07, 6.45) is 7.76. The Bertz CT molecular complexity index is 493. The summed E-state index contributed by atoms with van der Waals surface area (Å²) in [6.45, 7) is 9.23. The zero-order chi connectivity index (χ0) is 16.9. The van der Waals surface area contributed by atoms with E-state index < -0.39 is 5.60 Å². The van der Waals surface area contributed by atoms with E-state index in [2.05, 4.69) is 17.6 Å². The first-order valence-electron chi connectivity index (χ1n) is 8.54. The minimum atomic E-state index is -0.473. The molecule has 5 nitrogen and oxygen atoms in total. The largest absolute Gasteiger partial charge is 0.472 e. The SMILES string of the molecule is CC1CCCCC1(CNC(=O)OC(C)(C)C)NCc1ccoc1. The van der Waals surface area contributed by atoms with E-state index in [4.69, 9.17) is 9.15 Å². The lowest BCUT2D eigenvalue weighted by atomic mass is 9.73. The maximum absolute atomic E-state index is 12.0. The van der Waals surface area contributed by atoms with Crippen LogP contribution < -0.4 is 10.6 Å². The molecule has 130 valence electrons. The van der Waals surface area contributed by atoms with Gasteiger partial charge in [-0.2, -0.15) is 0 Å². The van der Waals surface area contributed by atoms with E-state index in [1.54, 1.807) is 12.5 Å². The molecule has 1 aromatic rings. The highest BCUT2D eigenvalue weighted by atomic mass is 16.6. The Kier molecular flexibility index (Phi) is 5.74. The zero-order valence-corrected chi connectivity index (χ0v) is 14.8. The molecule has 23 heavy (non-hydrogen) atoms. The van der Waals surface area contributed by atoms with Crippen molar-refractivity contribution in [3.63, 3.8) is 0 Å². The van der Waals surface area contributed by atoms with E-state index in [9.17, 15) is 4.79 Å². The lowest BCUT2D eigenvalue weighted by Gasteiger charge is -2.44. The molecule has 0 radical (unpaired) electrons. The Labute approximate surface area is 139 Å². The maximum Gasteiger partial charge on any atom is 0.407 e. The molecule has 0 bridgehead atoms. The van der Waals surface area contributed by atoms with Crippen LogP contribution in [-0.2, 0) is 11.3 Å². The lowest BCUT2D eigenvalue weighted by molar-refractivity contribution is 0.0479. The van der Waals surface area contributed by atoms with Crippen molar-refractivity contribution in [1.29, 1.82) is 0 Å². The Balaban J connectivity index is 1.97. The number of ether oxygens (including phenoxy) is 1. The molecule has 1 aliphatic rings. The number of nitrogens with one attached hydrogen (secondary N) is 2. The van der Waals surface area contributed by atoms with Crippen LogP contribution in [0.3, 0.4) is 0 Å². The molecule has 1 fully saturated rings. The predicted molar refractivity (Wildman–Crippen MR) is 90.1 cm³/mol. The van der Waals surface area contributed by atoms with Crippen LogP contribution in [0.1, 0.15) is 58.9 Å². The van der Waals surface area contributed by atoms with Gasteiger partial charge in [0.05, 0.1) is 12.5 Å². The van der Waals surface area contributed by atoms with E-state index in [0.717, 1.165) is 18.5 Å². The van der Waals surface area contributed by atoms with Crippen LogP contribution in [0.15, 0.2) is 23.0 Å². The van der Waals surface area contributed by atoms with E-state index in [-0.39, 0.29) is 11.6 Å². The molecule has 1 amide bonds. The summed E-state index contributed by atoms with van der Waals surface area (Å²) in [5.41, 5.74) is 0.561. The fourth-order valence-electron chi connectivity index (χ4n) is 3.22. The molecule has 2 rings (SSSR count). The molecule has 2 unspecified atom stereocenters. The predicted octanol–water partition coefficient (Wildman–Crippen LogP) is 3.84. The molecule has 2 N–H and O–H groups in total. The van der Waals surface area contributed by atoms with E-state index >= 15 is 0 Å². The van der Waals surface area contributed by atoms with Crippen LogP contribution in [0.4, 0.5) is 4.79 Å². The van der Waals surface area contributed by atoms with Gasteiger partial charge in [0, 0.05) is 24.2 Å². The molecule has 5 heteroatoms. The van der Waals surface area contributed by atoms with Gasteiger partial charge in [-0.15, -0.1) is 0 Å². The normalized spacial score (nSPS) is 25.1. The molecule has 1 heterocycles. The minimum Gasteiger partial charge on any atom is -0.472 e. The summed E-state index contributed by atoms with van der Waals surface area (Å²) >= 11 is 0. The summed E-state index contributed by atoms with van der Waals surface area (Å²) in [6, 6.07) is 1.97. The highest BCUT2D eigenvalue weighted by Gasteiger charge is 2.38. The van der Waals surface area contributed by atoms with E-state index in [0.29, 0.717) is 12.5 Å². The van der Waals surface area contributed by atoms with Crippen LogP contribution >= 0.6 is 0 Å². The van der Waals surface area contributed by atoms with Gasteiger partial charge in [0.15, 0.2) is 0 Å². The van der Waals surface area contributed by atoms with Gasteiger partial charge in [-0.05, 0) is 45.6 Å². The van der Waals surface area contributed by atoms with Crippen molar-refractivity contribution in [2.45, 2.75) is 71.1 Å². The molecule has 1 aromatic heterocycles. The lowest BCUT2D eigenvalue weighted by Crippen LogP contribution is -2.58. The Morgan fingerprint density at radius 3 is 2.83 bits per heavy atom. The van der Waals surface area contributed by atoms with Crippen molar-refractivity contribution in [1.82, 2.24) is 10.6 Å². The fourth-order valence-corrected chi connectivity index (χ4v) is 3.22. The number of alkyl carbamates (subject to hydrolysis) is 1. The molecule has 1 aliphatic carbocycles. The van der Waals surface area contributed by atoms with Gasteiger partial charge in [0.2, 0.25) is 0 Å². The van der Waals surface area contributed by atoms with Crippen molar-refractivity contribution in [3.05, 3.63) is 24.2 Å². The second-order valence-corrected chi connectivity index (χ2v) is 7.64. The molecule has 2 atom stereocenters. The molecular formula is C18H30N2O3. The van der Waals surface area contributed by atoms with Crippen molar-refractivity contribution in [2.24, 2.45) is 5.92 Å². The zero-order valence-electron chi connectivity index (χ0n) is 14.8. The second-order valence-electron chi connectivity index (χ2n) is 7.64. The van der Waals surface area contributed by atoms with Crippen LogP contribution in [0.25, 0.3) is 0 Å². The smallest absolute Gasteiger partial charge is 0.407 e. The third-order valence-electron chi connectivity index (χ3n) is 4.63. The first-order chi connectivity index (χ1) is 10.8. The maximum atomic E-state index is 12.0. The highest BCUT2D eigenvalue weighted by molar-refractivity contribution is 5.67. The summed E-state index contributed by atoms with van der Waals surface area (Å²) in [5.74, 6) is 0.498. The van der Waals surface area contributed by atoms with Gasteiger partial charge < -0.3 is 19.8 Å². The number of furan rings is 1. The molecule has 0 aliphatic heterocycles. The van der Waals surface area contributed by atoms with Crippen LogP contribution in [0.5, 0.6) is 0 Å². The van der Waals surface area contributed by atoms with Gasteiger partial charge in [0.1, 0.15) is 5.60 Å². The van der Waals surface area contributed by atoms with Gasteiger partial charge in [0.25, 0.3) is 0 Å². The quantitative estimate of drug-likeness (QED) is 0.864. The first kappa shape index (κ1) is 17.9. The summed E-state index contributed by atoms with van der Waals surface area (Å²) in [5, 5.41) is 6.64. The average molecular weight is 322 g/mol. The van der Waals surface area contributed by atoms with Crippen molar-refractivity contribution in [2.75, 3.05) is 6.54 Å². The highest BCUT2D eigenvalue weighted by Crippen LogP contribution is 2.33. The number of carbonyl (C=O) groups excluding carboxylic acids is 1. The number of hydrogen-bond donors (Lipinski definition) is 2. The van der Waals surface area contributed by atoms with Crippen LogP contribution in [0.2, 0.25) is 0 Å². The summed E-state index contributed by atoms with van der Waals surface area (Å²) in [4.78, 5) is 12.0. The van der Waals surface area contributed by atoms with Gasteiger partial charge in [-0.3, -0.25) is 0 Å². The number of rotatable bonds is 5. The molecule has 0 spiro atoms. The summed E-state index contributed by atoms with van der Waals surface area (Å²) in [7, 11) is 0. The Hall–Kier alpha value is -1.49. The number of carbonyl (C=O) groups is 1. The van der Waals surface area contributed by atoms with Crippen molar-refractivity contribution in [3.8, 4) is 0 Å². The fraction of sp³-hybridized carbons (Fsp3) is 0.722. The molecular weight excluding hydrogens is 292 g/mol. The van der Waals surface area contributed by atoms with E-state index in [1.807, 2.05) is 26.8 Å². The van der Waals surface area contributed by atoms with Crippen molar-refractivity contribution >= 4 is 6.09 Å². The monoisotopic (exact) mass is 322 g/mol. The number of hydrogen-bond acceptors (Lipinski definition) is 4. The molecule has 0 aromatic carbocycles. The minimum absolute atomic E-state index is 0.0908. The third kappa shape index (κ3) is 5.27. The molecule has 0 saturated heterocycles. The van der Waals surface area contributed by atoms with Gasteiger partial charge in [-0.1, -0.05) is 19.8 Å². The van der Waals surface area contributed by atoms with Gasteiger partial charge in [-0.25, -0.2) is 4.79 Å². The third-order valence-corrected chi connectivity index (χ3v) is 4.63. The van der Waals surface area contributed by atoms with E-state index in [1.165, 1.54) is 19.3 Å². The van der Waals surface area contributed by atoms with Gasteiger partial charge >= 0.3 is 6.09 Å². The first-order valence-corrected chi connectivity index (χ1v) is 8.54. The Morgan fingerprint density at radius 2 is 2.22 bits per heavy atom. The van der Waals surface area contributed by atoms with Crippen molar-refractivity contribution < 1.29 is 13.9 Å². The number of amides is 1. The topological polar surface area (TPSA) is 63.5 Å². The standard InChI is InChI=1S/C18H30N2O3/c1-14-7-5-6-9-18(14,20-11-15-8-10-22-12-15)13-19-16(21)23-17(2,3)4/h8,10,12,14,20H,5-7,9,11,13H2,1-4H3,(H,19,21). The van der Waals surface area contributed by atoms with Crippen LogP contribution in [-0.4, -0.2) is 23.8 Å². The average Bonchev–Trinajstić information content (AvgIpc) is 2.97. The second kappa shape index (κ2) is 7.39. The van der Waals surface area contributed by atoms with Crippen LogP contribution in [0, 0.1) is 5.92 Å². The molecule has 1 saturated carbocycles.